The molecule has 0 spiro atoms. The Morgan fingerprint density at radius 3 is 2.32 bits per heavy atom. The molecule has 2 N–H and O–H groups in total. The highest BCUT2D eigenvalue weighted by Crippen LogP contribution is 2.42. The molecule has 2 aliphatic carbocycles. The van der Waals surface area contributed by atoms with Gasteiger partial charge in [0.15, 0.2) is 0 Å². The molecule has 0 aliphatic heterocycles. The standard InChI is InChI=1S/C18H31NO3/c1-12-8-13(11-18(2,3)10-12)9-16(20)19-15-6-4-14(5-7-15)17(21)22/h12-15H,4-11H2,1-3H3,(H,19,20)(H,21,22). The highest BCUT2D eigenvalue weighted by molar-refractivity contribution is 5.76. The summed E-state index contributed by atoms with van der Waals surface area (Å²) in [5.74, 6) is 0.451. The van der Waals surface area contributed by atoms with E-state index in [2.05, 4.69) is 26.1 Å². The first-order chi connectivity index (χ1) is 10.2. The normalized spacial score (nSPS) is 34.9. The summed E-state index contributed by atoms with van der Waals surface area (Å²) in [6, 6.07) is 0.178. The molecule has 2 aliphatic rings. The van der Waals surface area contributed by atoms with Gasteiger partial charge in [0, 0.05) is 12.5 Å². The summed E-state index contributed by atoms with van der Waals surface area (Å²) in [4.78, 5) is 23.2. The van der Waals surface area contributed by atoms with E-state index in [4.69, 9.17) is 5.11 Å². The largest absolute Gasteiger partial charge is 0.481 e. The van der Waals surface area contributed by atoms with Crippen LogP contribution in [0.4, 0.5) is 0 Å². The average Bonchev–Trinajstić information content (AvgIpc) is 2.36. The molecule has 2 fully saturated rings. The third-order valence-corrected chi connectivity index (χ3v) is 5.39. The Balaban J connectivity index is 1.75. The Bertz CT molecular complexity index is 411. The molecule has 22 heavy (non-hydrogen) atoms. The highest BCUT2D eigenvalue weighted by Gasteiger charge is 2.33. The monoisotopic (exact) mass is 309 g/mol. The number of nitrogens with one attached hydrogen (secondary N) is 1. The number of carbonyl (C=O) groups is 2. The van der Waals surface area contributed by atoms with E-state index in [0.717, 1.165) is 25.7 Å². The molecule has 2 unspecified atom stereocenters. The molecule has 2 atom stereocenters. The van der Waals surface area contributed by atoms with Crippen molar-refractivity contribution in [2.45, 2.75) is 78.2 Å². The van der Waals surface area contributed by atoms with Crippen molar-refractivity contribution in [1.29, 1.82) is 0 Å². The first-order valence-corrected chi connectivity index (χ1v) is 8.77. The van der Waals surface area contributed by atoms with Gasteiger partial charge in [-0.3, -0.25) is 9.59 Å². The second-order valence-electron chi connectivity index (χ2n) is 8.44. The second kappa shape index (κ2) is 7.01. The summed E-state index contributed by atoms with van der Waals surface area (Å²) in [6.45, 7) is 6.90. The number of carboxylic acids is 1. The van der Waals surface area contributed by atoms with Crippen LogP contribution in [-0.2, 0) is 9.59 Å². The zero-order chi connectivity index (χ0) is 16.3. The fourth-order valence-corrected chi connectivity index (χ4v) is 4.73. The SMILES string of the molecule is CC1CC(CC(=O)NC2CCC(C(=O)O)CC2)CC(C)(C)C1. The van der Waals surface area contributed by atoms with Gasteiger partial charge in [-0.1, -0.05) is 20.8 Å². The van der Waals surface area contributed by atoms with Crippen molar-refractivity contribution in [3.63, 3.8) is 0 Å². The van der Waals surface area contributed by atoms with Gasteiger partial charge in [0.1, 0.15) is 0 Å². The summed E-state index contributed by atoms with van der Waals surface area (Å²) in [6.07, 6.45) is 7.15. The molecule has 0 saturated heterocycles. The van der Waals surface area contributed by atoms with Crippen molar-refractivity contribution in [2.75, 3.05) is 0 Å². The van der Waals surface area contributed by atoms with Gasteiger partial charge in [-0.15, -0.1) is 0 Å². The van der Waals surface area contributed by atoms with Crippen molar-refractivity contribution < 1.29 is 14.7 Å². The number of aliphatic carboxylic acids is 1. The van der Waals surface area contributed by atoms with E-state index in [-0.39, 0.29) is 17.9 Å². The average molecular weight is 309 g/mol. The summed E-state index contributed by atoms with van der Waals surface area (Å²) in [7, 11) is 0. The van der Waals surface area contributed by atoms with Crippen molar-refractivity contribution in [2.24, 2.45) is 23.2 Å². The summed E-state index contributed by atoms with van der Waals surface area (Å²) >= 11 is 0. The van der Waals surface area contributed by atoms with Crippen LogP contribution in [0.25, 0.3) is 0 Å². The van der Waals surface area contributed by atoms with Crippen LogP contribution in [-0.4, -0.2) is 23.0 Å². The Hall–Kier alpha value is -1.06. The number of carboxylic acid groups (broad SMARTS) is 1. The number of hydrogen-bond acceptors (Lipinski definition) is 2. The van der Waals surface area contributed by atoms with Crippen molar-refractivity contribution >= 4 is 11.9 Å². The number of amides is 1. The first-order valence-electron chi connectivity index (χ1n) is 8.77. The lowest BCUT2D eigenvalue weighted by atomic mass is 9.67. The first kappa shape index (κ1) is 17.3. The number of rotatable bonds is 4. The Morgan fingerprint density at radius 2 is 1.77 bits per heavy atom. The van der Waals surface area contributed by atoms with Crippen LogP contribution in [0.5, 0.6) is 0 Å². The van der Waals surface area contributed by atoms with Gasteiger partial charge in [0.2, 0.25) is 5.91 Å². The summed E-state index contributed by atoms with van der Waals surface area (Å²) in [5, 5.41) is 12.1. The van der Waals surface area contributed by atoms with Crippen LogP contribution in [0, 0.1) is 23.2 Å². The molecular weight excluding hydrogens is 278 g/mol. The van der Waals surface area contributed by atoms with Crippen LogP contribution in [0.3, 0.4) is 0 Å². The van der Waals surface area contributed by atoms with Crippen LogP contribution in [0.2, 0.25) is 0 Å². The molecule has 0 aromatic carbocycles. The maximum absolute atomic E-state index is 12.3. The molecule has 126 valence electrons. The second-order valence-corrected chi connectivity index (χ2v) is 8.44. The molecule has 0 aromatic rings. The third kappa shape index (κ3) is 4.99. The predicted octanol–water partition coefficient (Wildman–Crippen LogP) is 3.60. The minimum Gasteiger partial charge on any atom is -0.481 e. The van der Waals surface area contributed by atoms with Crippen LogP contribution >= 0.6 is 0 Å². The molecular formula is C18H31NO3. The van der Waals surface area contributed by atoms with E-state index in [1.54, 1.807) is 0 Å². The molecule has 0 bridgehead atoms. The maximum atomic E-state index is 12.3. The maximum Gasteiger partial charge on any atom is 0.306 e. The van der Waals surface area contributed by atoms with Gasteiger partial charge in [0.05, 0.1) is 5.92 Å². The van der Waals surface area contributed by atoms with E-state index >= 15 is 0 Å². The van der Waals surface area contributed by atoms with E-state index in [9.17, 15) is 9.59 Å². The van der Waals surface area contributed by atoms with Crippen LogP contribution in [0.1, 0.15) is 72.1 Å². The zero-order valence-corrected chi connectivity index (χ0v) is 14.2. The lowest BCUT2D eigenvalue weighted by Gasteiger charge is -2.39. The third-order valence-electron chi connectivity index (χ3n) is 5.39. The fourth-order valence-electron chi connectivity index (χ4n) is 4.73. The Labute approximate surface area is 134 Å². The topological polar surface area (TPSA) is 66.4 Å². The van der Waals surface area contributed by atoms with Crippen LogP contribution in [0.15, 0.2) is 0 Å². The molecule has 0 heterocycles. The molecule has 1 amide bonds. The molecule has 4 nitrogen and oxygen atoms in total. The highest BCUT2D eigenvalue weighted by atomic mass is 16.4. The van der Waals surface area contributed by atoms with Gasteiger partial charge >= 0.3 is 5.97 Å². The fraction of sp³-hybridized carbons (Fsp3) is 0.889. The van der Waals surface area contributed by atoms with Gasteiger partial charge in [-0.05, 0) is 62.2 Å². The smallest absolute Gasteiger partial charge is 0.306 e. The van der Waals surface area contributed by atoms with Gasteiger partial charge in [0.25, 0.3) is 0 Å². The zero-order valence-electron chi connectivity index (χ0n) is 14.2. The quantitative estimate of drug-likeness (QED) is 0.834. The van der Waals surface area contributed by atoms with E-state index in [1.165, 1.54) is 6.42 Å². The predicted molar refractivity (Wildman–Crippen MR) is 86.4 cm³/mol. The van der Waals surface area contributed by atoms with E-state index in [0.29, 0.717) is 36.5 Å². The minimum atomic E-state index is -0.691. The van der Waals surface area contributed by atoms with Gasteiger partial charge in [-0.2, -0.15) is 0 Å². The summed E-state index contributed by atoms with van der Waals surface area (Å²) < 4.78 is 0. The molecule has 2 saturated carbocycles. The lowest BCUT2D eigenvalue weighted by Crippen LogP contribution is -2.40. The van der Waals surface area contributed by atoms with Crippen molar-refractivity contribution in [3.8, 4) is 0 Å². The van der Waals surface area contributed by atoms with Crippen molar-refractivity contribution in [3.05, 3.63) is 0 Å². The Morgan fingerprint density at radius 1 is 1.14 bits per heavy atom. The Kier molecular flexibility index (Phi) is 5.51. The minimum absolute atomic E-state index is 0.161. The van der Waals surface area contributed by atoms with E-state index < -0.39 is 5.97 Å². The number of hydrogen-bond donors (Lipinski definition) is 2. The molecule has 0 aromatic heterocycles. The van der Waals surface area contributed by atoms with E-state index in [1.807, 2.05) is 0 Å². The van der Waals surface area contributed by atoms with Crippen LogP contribution < -0.4 is 5.32 Å². The lowest BCUT2D eigenvalue weighted by molar-refractivity contribution is -0.142. The number of carbonyl (C=O) groups excluding carboxylic acids is 1. The van der Waals surface area contributed by atoms with Gasteiger partial charge < -0.3 is 10.4 Å². The molecule has 0 radical (unpaired) electrons. The summed E-state index contributed by atoms with van der Waals surface area (Å²) in [5.41, 5.74) is 0.349. The van der Waals surface area contributed by atoms with Crippen molar-refractivity contribution in [1.82, 2.24) is 5.32 Å². The molecule has 2 rings (SSSR count). The molecule has 4 heteroatoms. The van der Waals surface area contributed by atoms with Gasteiger partial charge in [-0.25, -0.2) is 0 Å².